The maximum Gasteiger partial charge on any atom is 0.251 e. The van der Waals surface area contributed by atoms with Gasteiger partial charge in [-0.05, 0) is 19.8 Å². The predicted octanol–water partition coefficient (Wildman–Crippen LogP) is 0.461. The molecule has 6 heteroatoms. The Kier molecular flexibility index (Phi) is 6.04. The molecule has 2 fully saturated rings. The van der Waals surface area contributed by atoms with Crippen LogP contribution in [0.25, 0.3) is 0 Å². The molecule has 2 aliphatic rings. The molecule has 0 bridgehead atoms. The van der Waals surface area contributed by atoms with Crippen LogP contribution in [0, 0.1) is 0 Å². The molecule has 118 valence electrons. The number of guanidine groups is 1. The van der Waals surface area contributed by atoms with E-state index in [0.29, 0.717) is 6.54 Å². The Morgan fingerprint density at radius 3 is 2.67 bits per heavy atom. The zero-order chi connectivity index (χ0) is 15.1. The summed E-state index contributed by atoms with van der Waals surface area (Å²) in [6.07, 6.45) is 3.44. The van der Waals surface area contributed by atoms with Crippen molar-refractivity contribution >= 4 is 11.9 Å². The normalized spacial score (nSPS) is 23.3. The lowest BCUT2D eigenvalue weighted by Gasteiger charge is -2.37. The highest BCUT2D eigenvalue weighted by molar-refractivity contribution is 5.82. The van der Waals surface area contributed by atoms with Gasteiger partial charge >= 0.3 is 0 Å². The minimum atomic E-state index is -0.209. The molecule has 2 saturated heterocycles. The largest absolute Gasteiger partial charge is 0.368 e. The first-order valence-corrected chi connectivity index (χ1v) is 7.80. The lowest BCUT2D eigenvalue weighted by molar-refractivity contribution is -0.142. The first-order chi connectivity index (χ1) is 10.3. The lowest BCUT2D eigenvalue weighted by Crippen LogP contribution is -2.55. The van der Waals surface area contributed by atoms with Crippen molar-refractivity contribution in [3.05, 3.63) is 12.7 Å². The van der Waals surface area contributed by atoms with Crippen LogP contribution in [-0.4, -0.2) is 73.6 Å². The lowest BCUT2D eigenvalue weighted by atomic mass is 10.2. The average molecular weight is 294 g/mol. The number of aliphatic imine (C=N–C) groups is 1. The predicted molar refractivity (Wildman–Crippen MR) is 83.3 cm³/mol. The van der Waals surface area contributed by atoms with Crippen molar-refractivity contribution in [1.82, 2.24) is 15.1 Å². The molecule has 2 aliphatic heterocycles. The molecule has 21 heavy (non-hydrogen) atoms. The van der Waals surface area contributed by atoms with Gasteiger partial charge in [0.2, 0.25) is 0 Å². The third kappa shape index (κ3) is 4.20. The van der Waals surface area contributed by atoms with Gasteiger partial charge in [0.15, 0.2) is 5.96 Å². The smallest absolute Gasteiger partial charge is 0.251 e. The number of carbonyl (C=O) groups is 1. The highest BCUT2D eigenvalue weighted by atomic mass is 16.5. The molecule has 2 heterocycles. The molecule has 2 rings (SSSR count). The van der Waals surface area contributed by atoms with Crippen LogP contribution in [0.15, 0.2) is 17.6 Å². The second-order valence-corrected chi connectivity index (χ2v) is 5.30. The third-order valence-corrected chi connectivity index (χ3v) is 3.80. The maximum absolute atomic E-state index is 12.3. The summed E-state index contributed by atoms with van der Waals surface area (Å²) in [6.45, 7) is 11.0. The molecule has 1 amide bonds. The summed E-state index contributed by atoms with van der Waals surface area (Å²) >= 11 is 0. The van der Waals surface area contributed by atoms with Crippen LogP contribution < -0.4 is 5.32 Å². The number of rotatable bonds is 4. The standard InChI is InChI=1S/C15H26N4O2/c1-3-7-17-15(16-4-2)19-10-8-18(9-11-19)14(20)13-6-5-12-21-13/h3,13H,1,4-12H2,2H3,(H,16,17). The van der Waals surface area contributed by atoms with Crippen LogP contribution in [0.2, 0.25) is 0 Å². The van der Waals surface area contributed by atoms with Crippen molar-refractivity contribution in [2.24, 2.45) is 4.99 Å². The van der Waals surface area contributed by atoms with Crippen LogP contribution in [0.3, 0.4) is 0 Å². The minimum Gasteiger partial charge on any atom is -0.368 e. The quantitative estimate of drug-likeness (QED) is 0.465. The van der Waals surface area contributed by atoms with Crippen LogP contribution in [0.1, 0.15) is 19.8 Å². The van der Waals surface area contributed by atoms with Crippen molar-refractivity contribution in [2.45, 2.75) is 25.9 Å². The topological polar surface area (TPSA) is 57.2 Å². The van der Waals surface area contributed by atoms with Gasteiger partial charge in [0, 0.05) is 39.3 Å². The van der Waals surface area contributed by atoms with E-state index in [2.05, 4.69) is 28.7 Å². The van der Waals surface area contributed by atoms with Crippen LogP contribution in [0.5, 0.6) is 0 Å². The van der Waals surface area contributed by atoms with Crippen LogP contribution in [-0.2, 0) is 9.53 Å². The van der Waals surface area contributed by atoms with E-state index in [0.717, 1.165) is 58.1 Å². The molecule has 0 aliphatic carbocycles. The summed E-state index contributed by atoms with van der Waals surface area (Å²) in [4.78, 5) is 20.9. The monoisotopic (exact) mass is 294 g/mol. The van der Waals surface area contributed by atoms with E-state index in [1.165, 1.54) is 0 Å². The van der Waals surface area contributed by atoms with E-state index in [4.69, 9.17) is 4.74 Å². The summed E-state index contributed by atoms with van der Waals surface area (Å²) in [6, 6.07) is 0. The highest BCUT2D eigenvalue weighted by Crippen LogP contribution is 2.16. The first kappa shape index (κ1) is 15.8. The van der Waals surface area contributed by atoms with E-state index in [-0.39, 0.29) is 12.0 Å². The highest BCUT2D eigenvalue weighted by Gasteiger charge is 2.30. The number of carbonyl (C=O) groups excluding carboxylic acids is 1. The van der Waals surface area contributed by atoms with Gasteiger partial charge in [0.05, 0.1) is 6.54 Å². The van der Waals surface area contributed by atoms with Crippen LogP contribution in [0.4, 0.5) is 0 Å². The van der Waals surface area contributed by atoms with E-state index in [1.807, 2.05) is 4.90 Å². The molecule has 6 nitrogen and oxygen atoms in total. The van der Waals surface area contributed by atoms with Crippen molar-refractivity contribution in [3.8, 4) is 0 Å². The third-order valence-electron chi connectivity index (χ3n) is 3.80. The second-order valence-electron chi connectivity index (χ2n) is 5.30. The molecule has 0 spiro atoms. The number of piperazine rings is 1. The minimum absolute atomic E-state index is 0.153. The Morgan fingerprint density at radius 1 is 1.38 bits per heavy atom. The number of hydrogen-bond acceptors (Lipinski definition) is 3. The van der Waals surface area contributed by atoms with Gasteiger partial charge in [-0.2, -0.15) is 0 Å². The molecular formula is C15H26N4O2. The first-order valence-electron chi connectivity index (χ1n) is 7.80. The van der Waals surface area contributed by atoms with Crippen LogP contribution >= 0.6 is 0 Å². The number of nitrogens with zero attached hydrogens (tertiary/aromatic N) is 3. The van der Waals surface area contributed by atoms with Crippen molar-refractivity contribution < 1.29 is 9.53 Å². The zero-order valence-electron chi connectivity index (χ0n) is 12.9. The van der Waals surface area contributed by atoms with E-state index in [1.54, 1.807) is 6.08 Å². The molecule has 0 aromatic rings. The Balaban J connectivity index is 1.86. The van der Waals surface area contributed by atoms with Crippen molar-refractivity contribution in [3.63, 3.8) is 0 Å². The molecule has 0 aromatic carbocycles. The molecule has 1 atom stereocenters. The summed E-state index contributed by atoms with van der Waals surface area (Å²) in [7, 11) is 0. The van der Waals surface area contributed by atoms with Gasteiger partial charge in [-0.3, -0.25) is 4.79 Å². The molecule has 0 saturated carbocycles. The van der Waals surface area contributed by atoms with Gasteiger partial charge in [-0.25, -0.2) is 4.99 Å². The Morgan fingerprint density at radius 2 is 2.10 bits per heavy atom. The van der Waals surface area contributed by atoms with Gasteiger partial charge in [-0.1, -0.05) is 6.08 Å². The zero-order valence-corrected chi connectivity index (χ0v) is 12.9. The summed E-state index contributed by atoms with van der Waals surface area (Å²) in [5, 5.41) is 3.29. The molecule has 1 N–H and O–H groups in total. The van der Waals surface area contributed by atoms with Crippen molar-refractivity contribution in [1.29, 1.82) is 0 Å². The summed E-state index contributed by atoms with van der Waals surface area (Å²) in [5.74, 6) is 1.06. The fraction of sp³-hybridized carbons (Fsp3) is 0.733. The Hall–Kier alpha value is -1.56. The summed E-state index contributed by atoms with van der Waals surface area (Å²) in [5.41, 5.74) is 0. The number of ether oxygens (including phenoxy) is 1. The SMILES string of the molecule is C=CCN=C(NCC)N1CCN(C(=O)C2CCCO2)CC1. The fourth-order valence-corrected chi connectivity index (χ4v) is 2.69. The average Bonchev–Trinajstić information content (AvgIpc) is 3.05. The van der Waals surface area contributed by atoms with E-state index < -0.39 is 0 Å². The summed E-state index contributed by atoms with van der Waals surface area (Å²) < 4.78 is 5.48. The Bertz CT molecular complexity index is 383. The molecular weight excluding hydrogens is 268 g/mol. The number of hydrogen-bond donors (Lipinski definition) is 1. The van der Waals surface area contributed by atoms with Gasteiger partial charge in [-0.15, -0.1) is 6.58 Å². The molecule has 0 aromatic heterocycles. The number of amides is 1. The van der Waals surface area contributed by atoms with E-state index in [9.17, 15) is 4.79 Å². The second kappa shape index (κ2) is 8.02. The maximum atomic E-state index is 12.3. The number of nitrogens with one attached hydrogen (secondary N) is 1. The van der Waals surface area contributed by atoms with Gasteiger partial charge in [0.25, 0.3) is 5.91 Å². The fourth-order valence-electron chi connectivity index (χ4n) is 2.69. The molecule has 0 radical (unpaired) electrons. The Labute approximate surface area is 126 Å². The molecule has 1 unspecified atom stereocenters. The van der Waals surface area contributed by atoms with E-state index >= 15 is 0 Å². The van der Waals surface area contributed by atoms with Crippen molar-refractivity contribution in [2.75, 3.05) is 45.9 Å². The van der Waals surface area contributed by atoms with Gasteiger partial charge < -0.3 is 19.9 Å². The van der Waals surface area contributed by atoms with Gasteiger partial charge in [0.1, 0.15) is 6.10 Å².